The molecule has 0 fully saturated rings. The van der Waals surface area contributed by atoms with Gasteiger partial charge in [0.25, 0.3) is 0 Å². The van der Waals surface area contributed by atoms with Crippen LogP contribution >= 0.6 is 0 Å². The van der Waals surface area contributed by atoms with E-state index in [0.29, 0.717) is 35.8 Å². The average Bonchev–Trinajstić information content (AvgIpc) is 2.65. The molecular weight excluding hydrogens is 314 g/mol. The van der Waals surface area contributed by atoms with Crippen LogP contribution in [-0.2, 0) is 0 Å². The monoisotopic (exact) mass is 335 g/mol. The van der Waals surface area contributed by atoms with E-state index in [2.05, 4.69) is 0 Å². The van der Waals surface area contributed by atoms with Gasteiger partial charge in [-0.05, 0) is 25.5 Å². The normalized spacial score (nSPS) is 10.8. The molecule has 0 aliphatic heterocycles. The Morgan fingerprint density at radius 1 is 1.08 bits per heavy atom. The maximum absolute atomic E-state index is 12.6. The van der Waals surface area contributed by atoms with E-state index in [1.165, 1.54) is 0 Å². The largest absolute Gasteiger partial charge is 0.490 e. The van der Waals surface area contributed by atoms with Crippen LogP contribution in [-0.4, -0.2) is 19.0 Å². The van der Waals surface area contributed by atoms with Crippen LogP contribution in [0.4, 0.5) is 0 Å². The number of para-hydroxylation sites is 1. The minimum Gasteiger partial charge on any atom is -0.490 e. The molecule has 0 spiro atoms. The Morgan fingerprint density at radius 2 is 1.84 bits per heavy atom. The number of ketones is 1. The molecule has 0 unspecified atom stereocenters. The molecule has 0 saturated heterocycles. The van der Waals surface area contributed by atoms with Gasteiger partial charge in [0.05, 0.1) is 13.2 Å². The van der Waals surface area contributed by atoms with Crippen molar-refractivity contribution < 1.29 is 14.3 Å². The van der Waals surface area contributed by atoms with Crippen molar-refractivity contribution >= 4 is 11.9 Å². The van der Waals surface area contributed by atoms with Gasteiger partial charge in [-0.3, -0.25) is 4.79 Å². The Morgan fingerprint density at radius 3 is 2.48 bits per heavy atom. The summed E-state index contributed by atoms with van der Waals surface area (Å²) in [5.74, 6) is 0.848. The molecule has 25 heavy (non-hydrogen) atoms. The fraction of sp³-hybridized carbons (Fsp3) is 0.238. The van der Waals surface area contributed by atoms with Gasteiger partial charge in [0.2, 0.25) is 5.78 Å². The number of nitrogens with zero attached hydrogens (tertiary/aromatic N) is 1. The molecule has 0 aliphatic carbocycles. The number of carbonyl (C=O) groups is 1. The summed E-state index contributed by atoms with van der Waals surface area (Å²) in [4.78, 5) is 12.6. The molecule has 128 valence electrons. The third-order valence-corrected chi connectivity index (χ3v) is 3.46. The van der Waals surface area contributed by atoms with Gasteiger partial charge in [0.1, 0.15) is 11.6 Å². The number of carbonyl (C=O) groups excluding carboxylic acids is 1. The zero-order chi connectivity index (χ0) is 18.1. The number of rotatable bonds is 8. The van der Waals surface area contributed by atoms with E-state index in [0.717, 1.165) is 6.42 Å². The molecule has 4 nitrogen and oxygen atoms in total. The first-order valence-electron chi connectivity index (χ1n) is 8.31. The third kappa shape index (κ3) is 4.71. The van der Waals surface area contributed by atoms with E-state index in [9.17, 15) is 10.1 Å². The van der Waals surface area contributed by atoms with Gasteiger partial charge in [-0.25, -0.2) is 0 Å². The first-order chi connectivity index (χ1) is 12.2. The standard InChI is InChI=1S/C21H21NO3/c1-3-13-25-21-17(11-8-12-19(21)24-4-2)14-18(15-22)20(23)16-9-6-5-7-10-16/h5-12,14H,3-4,13H2,1-2H3. The fourth-order valence-corrected chi connectivity index (χ4v) is 2.32. The zero-order valence-electron chi connectivity index (χ0n) is 14.5. The number of allylic oxidation sites excluding steroid dienone is 1. The van der Waals surface area contributed by atoms with E-state index in [1.54, 1.807) is 30.3 Å². The number of benzene rings is 2. The molecular formula is C21H21NO3. The van der Waals surface area contributed by atoms with Crippen LogP contribution in [0.15, 0.2) is 54.1 Å². The quantitative estimate of drug-likeness (QED) is 0.400. The average molecular weight is 335 g/mol. The third-order valence-electron chi connectivity index (χ3n) is 3.46. The molecule has 2 aromatic carbocycles. The Kier molecular flexibility index (Phi) is 6.79. The van der Waals surface area contributed by atoms with Crippen LogP contribution in [0.2, 0.25) is 0 Å². The molecule has 0 aliphatic rings. The molecule has 0 N–H and O–H groups in total. The Hall–Kier alpha value is -3.06. The highest BCUT2D eigenvalue weighted by atomic mass is 16.5. The van der Waals surface area contributed by atoms with Crippen molar-refractivity contribution in [2.24, 2.45) is 0 Å². The highest BCUT2D eigenvalue weighted by Crippen LogP contribution is 2.33. The summed E-state index contributed by atoms with van der Waals surface area (Å²) in [5.41, 5.74) is 1.19. The summed E-state index contributed by atoms with van der Waals surface area (Å²) >= 11 is 0. The molecule has 0 amide bonds. The molecule has 4 heteroatoms. The van der Waals surface area contributed by atoms with Gasteiger partial charge in [-0.2, -0.15) is 5.26 Å². The van der Waals surface area contributed by atoms with E-state index >= 15 is 0 Å². The summed E-state index contributed by atoms with van der Waals surface area (Å²) in [6.45, 7) is 4.94. The van der Waals surface area contributed by atoms with Crippen molar-refractivity contribution in [3.63, 3.8) is 0 Å². The highest BCUT2D eigenvalue weighted by Gasteiger charge is 2.15. The van der Waals surface area contributed by atoms with Crippen molar-refractivity contribution in [3.05, 3.63) is 65.2 Å². The Bertz CT molecular complexity index is 789. The van der Waals surface area contributed by atoms with Crippen molar-refractivity contribution in [2.75, 3.05) is 13.2 Å². The first kappa shape index (κ1) is 18.3. The predicted octanol–water partition coefficient (Wildman–Crippen LogP) is 4.66. The van der Waals surface area contributed by atoms with Gasteiger partial charge in [-0.1, -0.05) is 49.4 Å². The van der Waals surface area contributed by atoms with Crippen LogP contribution < -0.4 is 9.47 Å². The van der Waals surface area contributed by atoms with Crippen molar-refractivity contribution in [1.29, 1.82) is 5.26 Å². The van der Waals surface area contributed by atoms with Crippen LogP contribution in [0.3, 0.4) is 0 Å². The number of hydrogen-bond acceptors (Lipinski definition) is 4. The van der Waals surface area contributed by atoms with Gasteiger partial charge < -0.3 is 9.47 Å². The second kappa shape index (κ2) is 9.29. The number of ether oxygens (including phenoxy) is 2. The molecule has 0 aromatic heterocycles. The Balaban J connectivity index is 2.44. The number of nitriles is 1. The van der Waals surface area contributed by atoms with Gasteiger partial charge in [0.15, 0.2) is 11.5 Å². The van der Waals surface area contributed by atoms with Gasteiger partial charge in [0, 0.05) is 11.1 Å². The summed E-state index contributed by atoms with van der Waals surface area (Å²) in [7, 11) is 0. The van der Waals surface area contributed by atoms with Crippen LogP contribution in [0, 0.1) is 11.3 Å². The SMILES string of the molecule is CCCOc1c(C=C(C#N)C(=O)c2ccccc2)cccc1OCC. The first-order valence-corrected chi connectivity index (χ1v) is 8.31. The van der Waals surface area contributed by atoms with E-state index in [-0.39, 0.29) is 11.4 Å². The molecule has 2 rings (SSSR count). The topological polar surface area (TPSA) is 59.3 Å². The van der Waals surface area contributed by atoms with E-state index in [1.807, 2.05) is 44.2 Å². The van der Waals surface area contributed by atoms with Crippen LogP contribution in [0.1, 0.15) is 36.2 Å². The molecule has 2 aromatic rings. The van der Waals surface area contributed by atoms with Crippen molar-refractivity contribution in [2.45, 2.75) is 20.3 Å². The predicted molar refractivity (Wildman–Crippen MR) is 97.8 cm³/mol. The fourth-order valence-electron chi connectivity index (χ4n) is 2.32. The van der Waals surface area contributed by atoms with Crippen molar-refractivity contribution in [3.8, 4) is 17.6 Å². The minimum absolute atomic E-state index is 0.0567. The summed E-state index contributed by atoms with van der Waals surface area (Å²) < 4.78 is 11.4. The summed E-state index contributed by atoms with van der Waals surface area (Å²) in [6, 6.07) is 16.2. The van der Waals surface area contributed by atoms with Crippen molar-refractivity contribution in [1.82, 2.24) is 0 Å². The second-order valence-electron chi connectivity index (χ2n) is 5.32. The lowest BCUT2D eigenvalue weighted by atomic mass is 10.0. The number of hydrogen-bond donors (Lipinski definition) is 0. The minimum atomic E-state index is -0.314. The molecule has 0 heterocycles. The maximum Gasteiger partial charge on any atom is 0.203 e. The van der Waals surface area contributed by atoms with Gasteiger partial charge in [-0.15, -0.1) is 0 Å². The van der Waals surface area contributed by atoms with Crippen LogP contribution in [0.25, 0.3) is 6.08 Å². The lowest BCUT2D eigenvalue weighted by molar-refractivity contribution is 0.104. The smallest absolute Gasteiger partial charge is 0.203 e. The maximum atomic E-state index is 12.6. The lowest BCUT2D eigenvalue weighted by Crippen LogP contribution is -2.04. The number of Topliss-reactive ketones (excluding diaryl/α,β-unsaturated/α-hetero) is 1. The van der Waals surface area contributed by atoms with E-state index < -0.39 is 0 Å². The lowest BCUT2D eigenvalue weighted by Gasteiger charge is -2.14. The molecule has 0 bridgehead atoms. The summed E-state index contributed by atoms with van der Waals surface area (Å²) in [6.07, 6.45) is 2.40. The van der Waals surface area contributed by atoms with Gasteiger partial charge >= 0.3 is 0 Å². The zero-order valence-corrected chi connectivity index (χ0v) is 14.5. The van der Waals surface area contributed by atoms with Crippen LogP contribution in [0.5, 0.6) is 11.5 Å². The second-order valence-corrected chi connectivity index (χ2v) is 5.32. The Labute approximate surface area is 148 Å². The highest BCUT2D eigenvalue weighted by molar-refractivity contribution is 6.14. The molecule has 0 saturated carbocycles. The van der Waals surface area contributed by atoms with E-state index in [4.69, 9.17) is 9.47 Å². The molecule has 0 atom stereocenters. The summed E-state index contributed by atoms with van der Waals surface area (Å²) in [5, 5.41) is 9.45. The molecule has 0 radical (unpaired) electrons.